The molecule has 0 saturated carbocycles. The first-order chi connectivity index (χ1) is 9.81. The van der Waals surface area contributed by atoms with Gasteiger partial charge in [-0.1, -0.05) is 30.3 Å². The number of nitrogens with zero attached hydrogens (tertiary/aromatic N) is 2. The summed E-state index contributed by atoms with van der Waals surface area (Å²) in [4.78, 5) is 9.85. The lowest BCUT2D eigenvalue weighted by molar-refractivity contribution is 1.21. The van der Waals surface area contributed by atoms with Crippen LogP contribution in [-0.2, 0) is 5.75 Å². The van der Waals surface area contributed by atoms with Gasteiger partial charge in [-0.2, -0.15) is 0 Å². The van der Waals surface area contributed by atoms with E-state index in [-0.39, 0.29) is 0 Å². The number of anilines is 1. The predicted molar refractivity (Wildman–Crippen MR) is 85.8 cm³/mol. The highest BCUT2D eigenvalue weighted by atomic mass is 32.2. The maximum Gasteiger partial charge on any atom is 0.123 e. The molecule has 0 atom stereocenters. The summed E-state index contributed by atoms with van der Waals surface area (Å²) in [7, 11) is 0. The Morgan fingerprint density at radius 3 is 2.70 bits per heavy atom. The van der Waals surface area contributed by atoms with Crippen LogP contribution in [0.25, 0.3) is 10.6 Å². The van der Waals surface area contributed by atoms with E-state index in [1.807, 2.05) is 30.3 Å². The molecule has 0 fully saturated rings. The molecule has 5 heteroatoms. The standard InChI is InChI=1S/C15H13N3S2/c16-14-7-6-13(8-17-14)19-9-12-10-20-15(18-12)11-4-2-1-3-5-11/h1-8,10H,9H2,(H2,16,17). The van der Waals surface area contributed by atoms with Crippen molar-refractivity contribution in [2.24, 2.45) is 0 Å². The Balaban J connectivity index is 1.67. The van der Waals surface area contributed by atoms with Crippen LogP contribution in [0.5, 0.6) is 0 Å². The second-order valence-corrected chi connectivity index (χ2v) is 6.12. The Labute approximate surface area is 125 Å². The van der Waals surface area contributed by atoms with Crippen molar-refractivity contribution in [3.05, 3.63) is 59.7 Å². The van der Waals surface area contributed by atoms with Crippen LogP contribution >= 0.6 is 23.1 Å². The van der Waals surface area contributed by atoms with Crippen LogP contribution in [0.3, 0.4) is 0 Å². The van der Waals surface area contributed by atoms with Gasteiger partial charge in [0.05, 0.1) is 5.69 Å². The van der Waals surface area contributed by atoms with E-state index in [1.165, 1.54) is 5.56 Å². The van der Waals surface area contributed by atoms with Gasteiger partial charge in [0.15, 0.2) is 0 Å². The first kappa shape index (κ1) is 13.1. The normalized spacial score (nSPS) is 10.6. The fourth-order valence-electron chi connectivity index (χ4n) is 1.72. The number of rotatable bonds is 4. The minimum atomic E-state index is 0.550. The van der Waals surface area contributed by atoms with Gasteiger partial charge in [0.25, 0.3) is 0 Å². The fraction of sp³-hybridized carbons (Fsp3) is 0.0667. The molecule has 3 nitrogen and oxygen atoms in total. The van der Waals surface area contributed by atoms with Crippen molar-refractivity contribution in [1.82, 2.24) is 9.97 Å². The fourth-order valence-corrected chi connectivity index (χ4v) is 3.41. The number of hydrogen-bond acceptors (Lipinski definition) is 5. The SMILES string of the molecule is Nc1ccc(SCc2csc(-c3ccccc3)n2)cn1. The third kappa shape index (κ3) is 3.18. The van der Waals surface area contributed by atoms with Crippen molar-refractivity contribution in [3.63, 3.8) is 0 Å². The lowest BCUT2D eigenvalue weighted by Crippen LogP contribution is -1.88. The maximum atomic E-state index is 5.57. The molecule has 0 bridgehead atoms. The second kappa shape index (κ2) is 6.07. The van der Waals surface area contributed by atoms with Gasteiger partial charge < -0.3 is 5.73 Å². The number of pyridine rings is 1. The van der Waals surface area contributed by atoms with Crippen molar-refractivity contribution in [1.29, 1.82) is 0 Å². The van der Waals surface area contributed by atoms with Gasteiger partial charge in [0, 0.05) is 27.8 Å². The molecule has 0 spiro atoms. The van der Waals surface area contributed by atoms with Crippen LogP contribution in [0, 0.1) is 0 Å². The zero-order chi connectivity index (χ0) is 13.8. The van der Waals surface area contributed by atoms with Crippen molar-refractivity contribution >= 4 is 28.9 Å². The van der Waals surface area contributed by atoms with Gasteiger partial charge in [0.2, 0.25) is 0 Å². The molecule has 20 heavy (non-hydrogen) atoms. The van der Waals surface area contributed by atoms with E-state index in [4.69, 9.17) is 5.73 Å². The molecule has 0 radical (unpaired) electrons. The average molecular weight is 299 g/mol. The molecule has 0 unspecified atom stereocenters. The van der Waals surface area contributed by atoms with E-state index >= 15 is 0 Å². The van der Waals surface area contributed by atoms with Crippen LogP contribution in [0.1, 0.15) is 5.69 Å². The first-order valence-electron chi connectivity index (χ1n) is 6.15. The van der Waals surface area contributed by atoms with Crippen LogP contribution in [0.4, 0.5) is 5.82 Å². The smallest absolute Gasteiger partial charge is 0.123 e. The summed E-state index contributed by atoms with van der Waals surface area (Å²) < 4.78 is 0. The summed E-state index contributed by atoms with van der Waals surface area (Å²) in [5.41, 5.74) is 7.83. The highest BCUT2D eigenvalue weighted by molar-refractivity contribution is 7.98. The van der Waals surface area contributed by atoms with Crippen LogP contribution in [-0.4, -0.2) is 9.97 Å². The molecule has 0 aliphatic carbocycles. The summed E-state index contributed by atoms with van der Waals surface area (Å²) in [6, 6.07) is 14.0. The zero-order valence-corrected chi connectivity index (χ0v) is 12.3. The van der Waals surface area contributed by atoms with Crippen molar-refractivity contribution in [2.75, 3.05) is 5.73 Å². The number of thioether (sulfide) groups is 1. The van der Waals surface area contributed by atoms with Gasteiger partial charge >= 0.3 is 0 Å². The summed E-state index contributed by atoms with van der Waals surface area (Å²) in [5.74, 6) is 1.39. The molecule has 0 saturated heterocycles. The summed E-state index contributed by atoms with van der Waals surface area (Å²) in [6.07, 6.45) is 1.80. The lowest BCUT2D eigenvalue weighted by atomic mass is 10.2. The molecule has 3 rings (SSSR count). The molecule has 0 amide bonds. The number of nitrogen functional groups attached to an aromatic ring is 1. The number of hydrogen-bond donors (Lipinski definition) is 1. The number of benzene rings is 1. The second-order valence-electron chi connectivity index (χ2n) is 4.22. The van der Waals surface area contributed by atoms with E-state index in [0.29, 0.717) is 5.82 Å². The van der Waals surface area contributed by atoms with Crippen LogP contribution < -0.4 is 5.73 Å². The summed E-state index contributed by atoms with van der Waals surface area (Å²) in [6.45, 7) is 0. The highest BCUT2D eigenvalue weighted by Gasteiger charge is 2.05. The molecule has 0 aliphatic heterocycles. The van der Waals surface area contributed by atoms with Gasteiger partial charge in [0.1, 0.15) is 10.8 Å². The summed E-state index contributed by atoms with van der Waals surface area (Å²) >= 11 is 3.40. The quantitative estimate of drug-likeness (QED) is 0.738. The monoisotopic (exact) mass is 299 g/mol. The van der Waals surface area contributed by atoms with Gasteiger partial charge in [-0.25, -0.2) is 9.97 Å². The first-order valence-corrected chi connectivity index (χ1v) is 8.02. The number of aromatic nitrogens is 2. The molecule has 100 valence electrons. The molecule has 2 aromatic heterocycles. The van der Waals surface area contributed by atoms with E-state index in [1.54, 1.807) is 29.3 Å². The largest absolute Gasteiger partial charge is 0.384 e. The van der Waals surface area contributed by atoms with E-state index in [9.17, 15) is 0 Å². The molecular weight excluding hydrogens is 286 g/mol. The molecule has 2 N–H and O–H groups in total. The van der Waals surface area contributed by atoms with Crippen LogP contribution in [0.15, 0.2) is 58.9 Å². The summed E-state index contributed by atoms with van der Waals surface area (Å²) in [5, 5.41) is 3.18. The van der Waals surface area contributed by atoms with Gasteiger partial charge in [-0.05, 0) is 12.1 Å². The van der Waals surface area contributed by atoms with Crippen molar-refractivity contribution in [2.45, 2.75) is 10.6 Å². The van der Waals surface area contributed by atoms with E-state index < -0.39 is 0 Å². The Hall–Kier alpha value is -1.85. The minimum Gasteiger partial charge on any atom is -0.384 e. The number of nitrogens with two attached hydrogens (primary N) is 1. The van der Waals surface area contributed by atoms with Crippen molar-refractivity contribution < 1.29 is 0 Å². The average Bonchev–Trinajstić information content (AvgIpc) is 2.97. The molecule has 3 aromatic rings. The van der Waals surface area contributed by atoms with E-state index in [2.05, 4.69) is 27.5 Å². The lowest BCUT2D eigenvalue weighted by Gasteiger charge is -1.99. The number of thiazole rings is 1. The predicted octanol–water partition coefficient (Wildman–Crippen LogP) is 4.08. The maximum absolute atomic E-state index is 5.57. The molecule has 0 aliphatic rings. The van der Waals surface area contributed by atoms with E-state index in [0.717, 1.165) is 21.3 Å². The minimum absolute atomic E-state index is 0.550. The Bertz CT molecular complexity index is 678. The molecule has 1 aromatic carbocycles. The topological polar surface area (TPSA) is 51.8 Å². The zero-order valence-electron chi connectivity index (χ0n) is 10.7. The van der Waals surface area contributed by atoms with Gasteiger partial charge in [-0.15, -0.1) is 23.1 Å². The Morgan fingerprint density at radius 2 is 1.95 bits per heavy atom. The Morgan fingerprint density at radius 1 is 1.10 bits per heavy atom. The van der Waals surface area contributed by atoms with Crippen LogP contribution in [0.2, 0.25) is 0 Å². The Kier molecular flexibility index (Phi) is 3.99. The third-order valence-corrected chi connectivity index (χ3v) is 4.67. The highest BCUT2D eigenvalue weighted by Crippen LogP contribution is 2.27. The third-order valence-electron chi connectivity index (χ3n) is 2.72. The molecule has 2 heterocycles. The van der Waals surface area contributed by atoms with Crippen molar-refractivity contribution in [3.8, 4) is 10.6 Å². The van der Waals surface area contributed by atoms with Gasteiger partial charge in [-0.3, -0.25) is 0 Å². The molecular formula is C15H13N3S2.